The summed E-state index contributed by atoms with van der Waals surface area (Å²) in [6.45, 7) is 3.92. The van der Waals surface area contributed by atoms with E-state index in [-0.39, 0.29) is 35.5 Å². The van der Waals surface area contributed by atoms with Crippen molar-refractivity contribution in [2.75, 3.05) is 4.90 Å². The van der Waals surface area contributed by atoms with Gasteiger partial charge in [-0.25, -0.2) is 4.90 Å². The number of fused-ring (bicyclic) bond motifs is 5. The standard InChI is InChI=1S/C17H17NO2/c1-9-4-3-5-10(2)15(9)18-16(19)13-11-6-7-12(8-11)14(13)17(18)20/h3-7,11-14H,8H2,1-2H3/t11-,12+,13-,14-/m0/s1. The second-order valence-electron chi connectivity index (χ2n) is 6.25. The zero-order valence-corrected chi connectivity index (χ0v) is 11.7. The Labute approximate surface area is 118 Å². The molecular weight excluding hydrogens is 250 g/mol. The molecule has 2 fully saturated rings. The van der Waals surface area contributed by atoms with Gasteiger partial charge in [0, 0.05) is 0 Å². The van der Waals surface area contributed by atoms with Gasteiger partial charge in [0.15, 0.2) is 0 Å². The summed E-state index contributed by atoms with van der Waals surface area (Å²) >= 11 is 0. The van der Waals surface area contributed by atoms with Crippen molar-refractivity contribution in [1.82, 2.24) is 0 Å². The minimum Gasteiger partial charge on any atom is -0.274 e. The first kappa shape index (κ1) is 11.9. The summed E-state index contributed by atoms with van der Waals surface area (Å²) in [5, 5.41) is 0. The molecule has 0 aromatic heterocycles. The number of para-hydroxylation sites is 1. The van der Waals surface area contributed by atoms with Gasteiger partial charge in [0.05, 0.1) is 17.5 Å². The molecule has 1 aliphatic heterocycles. The molecule has 4 atom stereocenters. The van der Waals surface area contributed by atoms with Crippen molar-refractivity contribution in [3.8, 4) is 0 Å². The van der Waals surface area contributed by atoms with Crippen LogP contribution in [0.15, 0.2) is 30.4 Å². The Morgan fingerprint density at radius 2 is 1.45 bits per heavy atom. The molecule has 2 bridgehead atoms. The molecule has 1 heterocycles. The molecule has 1 saturated carbocycles. The normalized spacial score (nSPS) is 34.2. The highest BCUT2D eigenvalue weighted by molar-refractivity contribution is 6.23. The van der Waals surface area contributed by atoms with Gasteiger partial charge in [0.25, 0.3) is 0 Å². The summed E-state index contributed by atoms with van der Waals surface area (Å²) in [4.78, 5) is 27.0. The Bertz CT molecular complexity index is 611. The molecule has 0 unspecified atom stereocenters. The van der Waals surface area contributed by atoms with E-state index in [1.54, 1.807) is 0 Å². The lowest BCUT2D eigenvalue weighted by Crippen LogP contribution is -2.34. The van der Waals surface area contributed by atoms with E-state index in [1.807, 2.05) is 32.0 Å². The van der Waals surface area contributed by atoms with E-state index in [4.69, 9.17) is 0 Å². The maximum absolute atomic E-state index is 12.8. The van der Waals surface area contributed by atoms with Crippen LogP contribution in [0.1, 0.15) is 17.5 Å². The molecule has 1 aromatic carbocycles. The number of anilines is 1. The lowest BCUT2D eigenvalue weighted by molar-refractivity contribution is -0.123. The average molecular weight is 267 g/mol. The number of amides is 2. The third-order valence-electron chi connectivity index (χ3n) is 5.13. The highest BCUT2D eigenvalue weighted by atomic mass is 16.2. The van der Waals surface area contributed by atoms with Crippen molar-refractivity contribution in [1.29, 1.82) is 0 Å². The predicted molar refractivity (Wildman–Crippen MR) is 76.1 cm³/mol. The maximum Gasteiger partial charge on any atom is 0.238 e. The van der Waals surface area contributed by atoms with E-state index in [2.05, 4.69) is 12.2 Å². The SMILES string of the molecule is Cc1cccc(C)c1N1C(=O)[C@@H]2[C@@H](C1=O)[C@H]1C=C[C@@H]2C1. The Morgan fingerprint density at radius 1 is 0.950 bits per heavy atom. The predicted octanol–water partition coefficient (Wildman–Crippen LogP) is 2.61. The van der Waals surface area contributed by atoms with Crippen LogP contribution in [0.25, 0.3) is 0 Å². The van der Waals surface area contributed by atoms with Crippen molar-refractivity contribution >= 4 is 17.5 Å². The van der Waals surface area contributed by atoms with Crippen molar-refractivity contribution < 1.29 is 9.59 Å². The van der Waals surface area contributed by atoms with Crippen LogP contribution < -0.4 is 4.90 Å². The molecule has 3 nitrogen and oxygen atoms in total. The lowest BCUT2D eigenvalue weighted by atomic mass is 9.85. The molecule has 2 amide bonds. The first-order valence-corrected chi connectivity index (χ1v) is 7.22. The smallest absolute Gasteiger partial charge is 0.238 e. The van der Waals surface area contributed by atoms with Gasteiger partial charge >= 0.3 is 0 Å². The van der Waals surface area contributed by atoms with Gasteiger partial charge in [-0.2, -0.15) is 0 Å². The van der Waals surface area contributed by atoms with E-state index in [0.717, 1.165) is 23.2 Å². The number of imide groups is 1. The van der Waals surface area contributed by atoms with E-state index in [9.17, 15) is 9.59 Å². The fraction of sp³-hybridized carbons (Fsp3) is 0.412. The minimum atomic E-state index is -0.114. The molecule has 1 saturated heterocycles. The average Bonchev–Trinajstić information content (AvgIpc) is 3.07. The largest absolute Gasteiger partial charge is 0.274 e. The minimum absolute atomic E-state index is 0.00856. The van der Waals surface area contributed by atoms with E-state index in [0.29, 0.717) is 0 Å². The first-order valence-electron chi connectivity index (χ1n) is 7.22. The number of rotatable bonds is 1. The zero-order valence-electron chi connectivity index (χ0n) is 11.7. The van der Waals surface area contributed by atoms with Gasteiger partial charge in [-0.3, -0.25) is 9.59 Å². The summed E-state index contributed by atoms with van der Waals surface area (Å²) in [6.07, 6.45) is 5.24. The van der Waals surface area contributed by atoms with E-state index >= 15 is 0 Å². The molecule has 4 rings (SSSR count). The highest BCUT2D eigenvalue weighted by Crippen LogP contribution is 2.53. The molecule has 3 heteroatoms. The highest BCUT2D eigenvalue weighted by Gasteiger charge is 2.59. The molecule has 0 N–H and O–H groups in total. The Balaban J connectivity index is 1.82. The first-order chi connectivity index (χ1) is 9.59. The molecule has 0 spiro atoms. The maximum atomic E-state index is 12.8. The van der Waals surface area contributed by atoms with Crippen LogP contribution in [0.5, 0.6) is 0 Å². The Kier molecular flexibility index (Phi) is 2.27. The number of hydrogen-bond acceptors (Lipinski definition) is 2. The fourth-order valence-electron chi connectivity index (χ4n) is 4.28. The van der Waals surface area contributed by atoms with Crippen LogP contribution in [0, 0.1) is 37.5 Å². The zero-order chi connectivity index (χ0) is 14.0. The fourth-order valence-corrected chi connectivity index (χ4v) is 4.28. The third kappa shape index (κ3) is 1.30. The van der Waals surface area contributed by atoms with Crippen LogP contribution in [0.4, 0.5) is 5.69 Å². The molecule has 0 radical (unpaired) electrons. The number of carbonyl (C=O) groups is 2. The summed E-state index contributed by atoms with van der Waals surface area (Å²) in [7, 11) is 0. The Morgan fingerprint density at radius 3 is 1.95 bits per heavy atom. The van der Waals surface area contributed by atoms with Crippen molar-refractivity contribution in [2.24, 2.45) is 23.7 Å². The van der Waals surface area contributed by atoms with Crippen LogP contribution in [0.2, 0.25) is 0 Å². The topological polar surface area (TPSA) is 37.4 Å². The number of benzene rings is 1. The van der Waals surface area contributed by atoms with E-state index in [1.165, 1.54) is 4.90 Å². The van der Waals surface area contributed by atoms with Gasteiger partial charge in [0.2, 0.25) is 11.8 Å². The lowest BCUT2D eigenvalue weighted by Gasteiger charge is -2.21. The molecule has 20 heavy (non-hydrogen) atoms. The monoisotopic (exact) mass is 267 g/mol. The van der Waals surface area contributed by atoms with Gasteiger partial charge in [0.1, 0.15) is 0 Å². The Hall–Kier alpha value is -1.90. The summed E-state index contributed by atoms with van der Waals surface area (Å²) in [6, 6.07) is 5.89. The molecule has 3 aliphatic rings. The summed E-state index contributed by atoms with van der Waals surface area (Å²) < 4.78 is 0. The number of allylic oxidation sites excluding steroid dienone is 2. The van der Waals surface area contributed by atoms with Gasteiger partial charge in [-0.15, -0.1) is 0 Å². The van der Waals surface area contributed by atoms with Crippen LogP contribution >= 0.6 is 0 Å². The van der Waals surface area contributed by atoms with Gasteiger partial charge < -0.3 is 0 Å². The second kappa shape index (κ2) is 3.81. The number of carbonyl (C=O) groups excluding carboxylic acids is 2. The number of hydrogen-bond donors (Lipinski definition) is 0. The quantitative estimate of drug-likeness (QED) is 0.579. The molecular formula is C17H17NO2. The summed E-state index contributed by atoms with van der Waals surface area (Å²) in [5.41, 5.74) is 2.79. The van der Waals surface area contributed by atoms with Gasteiger partial charge in [-0.05, 0) is 43.2 Å². The van der Waals surface area contributed by atoms with Crippen molar-refractivity contribution in [2.45, 2.75) is 20.3 Å². The number of nitrogens with zero attached hydrogens (tertiary/aromatic N) is 1. The summed E-state index contributed by atoms with van der Waals surface area (Å²) in [5.74, 6) is 0.336. The van der Waals surface area contributed by atoms with Crippen molar-refractivity contribution in [3.63, 3.8) is 0 Å². The van der Waals surface area contributed by atoms with Crippen LogP contribution in [-0.4, -0.2) is 11.8 Å². The van der Waals surface area contributed by atoms with Crippen molar-refractivity contribution in [3.05, 3.63) is 41.5 Å². The molecule has 2 aliphatic carbocycles. The van der Waals surface area contributed by atoms with Crippen LogP contribution in [0.3, 0.4) is 0 Å². The van der Waals surface area contributed by atoms with Crippen LogP contribution in [-0.2, 0) is 9.59 Å². The molecule has 1 aromatic rings. The van der Waals surface area contributed by atoms with E-state index < -0.39 is 0 Å². The number of aryl methyl sites for hydroxylation is 2. The third-order valence-corrected chi connectivity index (χ3v) is 5.13. The van der Waals surface area contributed by atoms with Gasteiger partial charge in [-0.1, -0.05) is 30.4 Å². The molecule has 102 valence electrons. The second-order valence-corrected chi connectivity index (χ2v) is 6.25.